The molecular formula is C11H23N3. The van der Waals surface area contributed by atoms with Crippen LogP contribution in [0.3, 0.4) is 0 Å². The van der Waals surface area contributed by atoms with Crippen LogP contribution in [0.25, 0.3) is 0 Å². The molecule has 2 unspecified atom stereocenters. The number of nitrogens with two attached hydrogens (primary N) is 1. The number of nitrogens with one attached hydrogen (secondary N) is 1. The number of rotatable bonds is 5. The van der Waals surface area contributed by atoms with Crippen LogP contribution in [0, 0.1) is 0 Å². The van der Waals surface area contributed by atoms with Crippen molar-refractivity contribution in [2.24, 2.45) is 5.73 Å². The molecule has 0 aromatic rings. The molecule has 0 aromatic carbocycles. The maximum Gasteiger partial charge on any atom is 0.0207 e. The summed E-state index contributed by atoms with van der Waals surface area (Å²) >= 11 is 0. The van der Waals surface area contributed by atoms with Gasteiger partial charge in [0.1, 0.15) is 0 Å². The Kier molecular flexibility index (Phi) is 3.42. The van der Waals surface area contributed by atoms with Crippen LogP contribution < -0.4 is 11.1 Å². The third-order valence-electron chi connectivity index (χ3n) is 3.48. The van der Waals surface area contributed by atoms with Gasteiger partial charge in [-0.25, -0.2) is 0 Å². The van der Waals surface area contributed by atoms with Crippen LogP contribution >= 0.6 is 0 Å². The first-order valence-electron chi connectivity index (χ1n) is 6.02. The maximum atomic E-state index is 5.88. The van der Waals surface area contributed by atoms with E-state index in [2.05, 4.69) is 17.1 Å². The number of hydrogen-bond donors (Lipinski definition) is 2. The Balaban J connectivity index is 1.63. The predicted octanol–water partition coefficient (Wildman–Crippen LogP) is 0.550. The van der Waals surface area contributed by atoms with Gasteiger partial charge in [0.2, 0.25) is 0 Å². The molecule has 3 heteroatoms. The van der Waals surface area contributed by atoms with Crippen molar-refractivity contribution >= 4 is 0 Å². The van der Waals surface area contributed by atoms with Crippen LogP contribution in [0.5, 0.6) is 0 Å². The molecule has 3 N–H and O–H groups in total. The van der Waals surface area contributed by atoms with E-state index in [1.165, 1.54) is 32.4 Å². The van der Waals surface area contributed by atoms with Gasteiger partial charge in [0.05, 0.1) is 0 Å². The molecule has 1 heterocycles. The van der Waals surface area contributed by atoms with Gasteiger partial charge in [-0.3, -0.25) is 4.90 Å². The molecule has 2 fully saturated rings. The van der Waals surface area contributed by atoms with Gasteiger partial charge in [-0.15, -0.1) is 0 Å². The second-order valence-corrected chi connectivity index (χ2v) is 4.79. The van der Waals surface area contributed by atoms with Crippen molar-refractivity contribution in [3.8, 4) is 0 Å². The van der Waals surface area contributed by atoms with Gasteiger partial charge in [0.15, 0.2) is 0 Å². The van der Waals surface area contributed by atoms with Crippen molar-refractivity contribution < 1.29 is 0 Å². The first-order chi connectivity index (χ1) is 6.79. The van der Waals surface area contributed by atoms with Crippen molar-refractivity contribution in [2.45, 2.75) is 50.7 Å². The molecule has 82 valence electrons. The highest BCUT2D eigenvalue weighted by Crippen LogP contribution is 2.29. The molecule has 0 aromatic heterocycles. The summed E-state index contributed by atoms with van der Waals surface area (Å²) in [6, 6.07) is 1.97. The Labute approximate surface area is 87.0 Å². The van der Waals surface area contributed by atoms with Crippen molar-refractivity contribution in [2.75, 3.05) is 19.6 Å². The van der Waals surface area contributed by atoms with Gasteiger partial charge in [0.25, 0.3) is 0 Å². The van der Waals surface area contributed by atoms with Crippen molar-refractivity contribution in [1.82, 2.24) is 10.2 Å². The van der Waals surface area contributed by atoms with Crippen molar-refractivity contribution in [3.05, 3.63) is 0 Å². The van der Waals surface area contributed by atoms with Gasteiger partial charge in [-0.2, -0.15) is 0 Å². The quantitative estimate of drug-likeness (QED) is 0.676. The fourth-order valence-corrected chi connectivity index (χ4v) is 2.19. The molecule has 1 aliphatic heterocycles. The standard InChI is InChI=1S/C11H23N3/c1-2-9(12)7-13-10-5-6-14(8-10)11-3-4-11/h9-11,13H,2-8,12H2,1H3. The summed E-state index contributed by atoms with van der Waals surface area (Å²) in [7, 11) is 0. The Bertz CT molecular complexity index is 179. The Morgan fingerprint density at radius 3 is 2.86 bits per heavy atom. The highest BCUT2D eigenvalue weighted by atomic mass is 15.2. The lowest BCUT2D eigenvalue weighted by atomic mass is 10.2. The van der Waals surface area contributed by atoms with Crippen LogP contribution in [-0.2, 0) is 0 Å². The summed E-state index contributed by atoms with van der Waals surface area (Å²) in [5, 5.41) is 3.58. The molecule has 3 nitrogen and oxygen atoms in total. The van der Waals surface area contributed by atoms with E-state index < -0.39 is 0 Å². The maximum absolute atomic E-state index is 5.88. The summed E-state index contributed by atoms with van der Waals surface area (Å²) in [6.07, 6.45) is 5.25. The van der Waals surface area contributed by atoms with Crippen LogP contribution in [0.2, 0.25) is 0 Å². The molecule has 2 rings (SSSR count). The third-order valence-corrected chi connectivity index (χ3v) is 3.48. The zero-order chi connectivity index (χ0) is 9.97. The number of nitrogens with zero attached hydrogens (tertiary/aromatic N) is 1. The SMILES string of the molecule is CCC(N)CNC1CCN(C2CC2)C1. The second kappa shape index (κ2) is 4.60. The highest BCUT2D eigenvalue weighted by Gasteiger charge is 2.34. The third kappa shape index (κ3) is 2.69. The summed E-state index contributed by atoms with van der Waals surface area (Å²) in [6.45, 7) is 5.68. The smallest absolute Gasteiger partial charge is 0.0207 e. The fraction of sp³-hybridized carbons (Fsp3) is 1.00. The predicted molar refractivity (Wildman–Crippen MR) is 59.3 cm³/mol. The molecule has 0 spiro atoms. The normalized spacial score (nSPS) is 30.9. The Morgan fingerprint density at radius 2 is 2.21 bits per heavy atom. The van der Waals surface area contributed by atoms with Crippen LogP contribution in [0.4, 0.5) is 0 Å². The Morgan fingerprint density at radius 1 is 1.43 bits per heavy atom. The second-order valence-electron chi connectivity index (χ2n) is 4.79. The van der Waals surface area contributed by atoms with E-state index in [1.807, 2.05) is 0 Å². The lowest BCUT2D eigenvalue weighted by Gasteiger charge is -2.17. The number of hydrogen-bond acceptors (Lipinski definition) is 3. The molecule has 1 aliphatic carbocycles. The lowest BCUT2D eigenvalue weighted by molar-refractivity contribution is 0.316. The molecule has 0 amide bonds. The molecule has 0 radical (unpaired) electrons. The minimum absolute atomic E-state index is 0.338. The minimum atomic E-state index is 0.338. The van der Waals surface area contributed by atoms with E-state index in [-0.39, 0.29) is 0 Å². The number of likely N-dealkylation sites (tertiary alicyclic amines) is 1. The summed E-state index contributed by atoms with van der Waals surface area (Å²) < 4.78 is 0. The van der Waals surface area contributed by atoms with E-state index in [1.54, 1.807) is 0 Å². The monoisotopic (exact) mass is 197 g/mol. The van der Waals surface area contributed by atoms with E-state index in [9.17, 15) is 0 Å². The van der Waals surface area contributed by atoms with Crippen LogP contribution in [-0.4, -0.2) is 42.7 Å². The lowest BCUT2D eigenvalue weighted by Crippen LogP contribution is -2.40. The first kappa shape index (κ1) is 10.4. The van der Waals surface area contributed by atoms with Gasteiger partial charge < -0.3 is 11.1 Å². The zero-order valence-electron chi connectivity index (χ0n) is 9.21. The van der Waals surface area contributed by atoms with Crippen molar-refractivity contribution in [3.63, 3.8) is 0 Å². The van der Waals surface area contributed by atoms with E-state index in [0.717, 1.165) is 19.0 Å². The van der Waals surface area contributed by atoms with Crippen LogP contribution in [0.1, 0.15) is 32.6 Å². The molecule has 0 bridgehead atoms. The molecular weight excluding hydrogens is 174 g/mol. The van der Waals surface area contributed by atoms with Gasteiger partial charge in [-0.1, -0.05) is 6.92 Å². The average molecular weight is 197 g/mol. The zero-order valence-corrected chi connectivity index (χ0v) is 9.21. The molecule has 2 aliphatic rings. The van der Waals surface area contributed by atoms with Crippen molar-refractivity contribution in [1.29, 1.82) is 0 Å². The summed E-state index contributed by atoms with van der Waals surface area (Å²) in [5.74, 6) is 0. The van der Waals surface area contributed by atoms with Gasteiger partial charge in [-0.05, 0) is 25.7 Å². The first-order valence-corrected chi connectivity index (χ1v) is 6.02. The van der Waals surface area contributed by atoms with Gasteiger partial charge >= 0.3 is 0 Å². The van der Waals surface area contributed by atoms with E-state index in [0.29, 0.717) is 12.1 Å². The highest BCUT2D eigenvalue weighted by molar-refractivity contribution is 4.92. The molecule has 1 saturated heterocycles. The van der Waals surface area contributed by atoms with Gasteiger partial charge in [0, 0.05) is 37.8 Å². The molecule has 14 heavy (non-hydrogen) atoms. The molecule has 2 atom stereocenters. The summed E-state index contributed by atoms with van der Waals surface area (Å²) in [5.41, 5.74) is 5.88. The Hall–Kier alpha value is -0.120. The van der Waals surface area contributed by atoms with Crippen LogP contribution in [0.15, 0.2) is 0 Å². The molecule has 1 saturated carbocycles. The average Bonchev–Trinajstić information content (AvgIpc) is 2.95. The van der Waals surface area contributed by atoms with E-state index in [4.69, 9.17) is 5.73 Å². The minimum Gasteiger partial charge on any atom is -0.327 e. The summed E-state index contributed by atoms with van der Waals surface area (Å²) in [4.78, 5) is 2.63. The largest absolute Gasteiger partial charge is 0.327 e. The topological polar surface area (TPSA) is 41.3 Å². The van der Waals surface area contributed by atoms with E-state index >= 15 is 0 Å². The fourth-order valence-electron chi connectivity index (χ4n) is 2.19.